The number of benzene rings is 1. The molecular weight excluding hydrogens is 302 g/mol. The first kappa shape index (κ1) is 14.7. The zero-order chi connectivity index (χ0) is 16.5. The average molecular weight is 321 g/mol. The highest BCUT2D eigenvalue weighted by atomic mass is 16.2. The van der Waals surface area contributed by atoms with Crippen molar-refractivity contribution in [1.82, 2.24) is 25.1 Å². The Balaban J connectivity index is 1.61. The number of aromatic nitrogens is 4. The van der Waals surface area contributed by atoms with Gasteiger partial charge in [-0.2, -0.15) is 5.10 Å². The highest BCUT2D eigenvalue weighted by Crippen LogP contribution is 2.32. The molecule has 2 aromatic heterocycles. The number of hydrogen-bond acceptors (Lipinski definition) is 3. The molecule has 0 bridgehead atoms. The summed E-state index contributed by atoms with van der Waals surface area (Å²) in [5.74, 6) is 1.48. The van der Waals surface area contributed by atoms with Gasteiger partial charge >= 0.3 is 0 Å². The number of nitrogens with one attached hydrogen (secondary N) is 2. The standard InChI is InChI=1S/C18H19N5O/c1-12-14(9-10-19-12)18(24)23-11-5-8-15(23)17-20-16(21-22-17)13-6-3-2-4-7-13/h2-4,6-7,9-10,15,19H,5,8,11H2,1H3,(H,20,21,22)/t15-/m1/s1. The summed E-state index contributed by atoms with van der Waals surface area (Å²) >= 11 is 0. The van der Waals surface area contributed by atoms with Gasteiger partial charge in [0.25, 0.3) is 5.91 Å². The fourth-order valence-electron chi connectivity index (χ4n) is 3.27. The van der Waals surface area contributed by atoms with Crippen LogP contribution < -0.4 is 0 Å². The van der Waals surface area contributed by atoms with E-state index in [0.29, 0.717) is 5.82 Å². The Morgan fingerprint density at radius 1 is 1.25 bits per heavy atom. The zero-order valence-corrected chi connectivity index (χ0v) is 13.5. The highest BCUT2D eigenvalue weighted by Gasteiger charge is 2.33. The topological polar surface area (TPSA) is 77.7 Å². The Morgan fingerprint density at radius 3 is 2.83 bits per heavy atom. The maximum Gasteiger partial charge on any atom is 0.256 e. The molecule has 1 atom stereocenters. The molecule has 0 aliphatic carbocycles. The minimum absolute atomic E-state index is 0.0447. The van der Waals surface area contributed by atoms with E-state index in [1.54, 1.807) is 6.20 Å². The number of nitrogens with zero attached hydrogens (tertiary/aromatic N) is 3. The van der Waals surface area contributed by atoms with Crippen molar-refractivity contribution in [2.45, 2.75) is 25.8 Å². The van der Waals surface area contributed by atoms with Gasteiger partial charge in [-0.05, 0) is 25.8 Å². The first-order chi connectivity index (χ1) is 11.7. The van der Waals surface area contributed by atoms with Crippen LogP contribution in [-0.2, 0) is 0 Å². The summed E-state index contributed by atoms with van der Waals surface area (Å²) in [7, 11) is 0. The average Bonchev–Trinajstić information content (AvgIpc) is 3.35. The van der Waals surface area contributed by atoms with Gasteiger partial charge in [0.05, 0.1) is 11.6 Å². The molecule has 1 aromatic carbocycles. The molecular formula is C18H19N5O. The minimum Gasteiger partial charge on any atom is -0.365 e. The van der Waals surface area contributed by atoms with Gasteiger partial charge in [-0.15, -0.1) is 0 Å². The van der Waals surface area contributed by atoms with Crippen molar-refractivity contribution in [3.05, 3.63) is 59.7 Å². The second kappa shape index (κ2) is 5.96. The summed E-state index contributed by atoms with van der Waals surface area (Å²) in [6.45, 7) is 2.66. The molecule has 0 spiro atoms. The third kappa shape index (κ3) is 2.50. The fraction of sp³-hybridized carbons (Fsp3) is 0.278. The van der Waals surface area contributed by atoms with Gasteiger partial charge in [0.15, 0.2) is 5.82 Å². The molecule has 122 valence electrons. The molecule has 4 rings (SSSR count). The summed E-state index contributed by atoms with van der Waals surface area (Å²) < 4.78 is 0. The Kier molecular flexibility index (Phi) is 3.65. The van der Waals surface area contributed by atoms with Crippen molar-refractivity contribution in [2.24, 2.45) is 0 Å². The third-order valence-electron chi connectivity index (χ3n) is 4.55. The molecule has 1 amide bonds. The molecule has 1 aliphatic rings. The smallest absolute Gasteiger partial charge is 0.256 e. The van der Waals surface area contributed by atoms with Crippen LogP contribution in [0.3, 0.4) is 0 Å². The van der Waals surface area contributed by atoms with Crippen LogP contribution in [0.1, 0.15) is 40.8 Å². The number of rotatable bonds is 3. The molecule has 3 heterocycles. The van der Waals surface area contributed by atoms with Crippen molar-refractivity contribution >= 4 is 5.91 Å². The summed E-state index contributed by atoms with van der Waals surface area (Å²) in [6, 6.07) is 11.6. The summed E-state index contributed by atoms with van der Waals surface area (Å²) in [5, 5.41) is 7.35. The first-order valence-electron chi connectivity index (χ1n) is 8.16. The Morgan fingerprint density at radius 2 is 2.08 bits per heavy atom. The van der Waals surface area contributed by atoms with E-state index in [2.05, 4.69) is 20.2 Å². The van der Waals surface area contributed by atoms with Crippen molar-refractivity contribution in [3.8, 4) is 11.4 Å². The lowest BCUT2D eigenvalue weighted by atomic mass is 10.1. The predicted molar refractivity (Wildman–Crippen MR) is 90.4 cm³/mol. The fourth-order valence-corrected chi connectivity index (χ4v) is 3.27. The van der Waals surface area contributed by atoms with Crippen LogP contribution in [0.4, 0.5) is 0 Å². The minimum atomic E-state index is -0.0447. The van der Waals surface area contributed by atoms with E-state index < -0.39 is 0 Å². The molecule has 1 aliphatic heterocycles. The second-order valence-electron chi connectivity index (χ2n) is 6.08. The van der Waals surface area contributed by atoms with Crippen molar-refractivity contribution in [3.63, 3.8) is 0 Å². The van der Waals surface area contributed by atoms with Crippen LogP contribution >= 0.6 is 0 Å². The van der Waals surface area contributed by atoms with Gasteiger partial charge in [0.1, 0.15) is 5.82 Å². The number of carbonyl (C=O) groups is 1. The van der Waals surface area contributed by atoms with Gasteiger partial charge in [-0.25, -0.2) is 4.98 Å². The first-order valence-corrected chi connectivity index (χ1v) is 8.16. The molecule has 1 saturated heterocycles. The van der Waals surface area contributed by atoms with Crippen LogP contribution in [0.25, 0.3) is 11.4 Å². The van der Waals surface area contributed by atoms with Gasteiger partial charge in [0, 0.05) is 24.0 Å². The Hall–Kier alpha value is -2.89. The summed E-state index contributed by atoms with van der Waals surface area (Å²) in [4.78, 5) is 22.4. The lowest BCUT2D eigenvalue weighted by Crippen LogP contribution is -2.31. The van der Waals surface area contributed by atoms with Gasteiger partial charge < -0.3 is 9.88 Å². The Labute approximate surface area is 139 Å². The second-order valence-corrected chi connectivity index (χ2v) is 6.08. The summed E-state index contributed by atoms with van der Waals surface area (Å²) in [5.41, 5.74) is 2.59. The molecule has 6 nitrogen and oxygen atoms in total. The molecule has 2 N–H and O–H groups in total. The normalized spacial score (nSPS) is 17.4. The zero-order valence-electron chi connectivity index (χ0n) is 13.5. The number of likely N-dealkylation sites (tertiary alicyclic amines) is 1. The largest absolute Gasteiger partial charge is 0.365 e. The number of H-pyrrole nitrogens is 2. The van der Waals surface area contributed by atoms with Crippen molar-refractivity contribution in [2.75, 3.05) is 6.54 Å². The molecule has 1 fully saturated rings. The van der Waals surface area contributed by atoms with E-state index in [-0.39, 0.29) is 11.9 Å². The number of carbonyl (C=O) groups excluding carboxylic acids is 1. The Bertz CT molecular complexity index is 851. The highest BCUT2D eigenvalue weighted by molar-refractivity contribution is 5.95. The maximum atomic E-state index is 12.8. The van der Waals surface area contributed by atoms with Crippen LogP contribution in [-0.4, -0.2) is 37.5 Å². The summed E-state index contributed by atoms with van der Waals surface area (Å²) in [6.07, 6.45) is 3.68. The molecule has 3 aromatic rings. The quantitative estimate of drug-likeness (QED) is 0.778. The number of hydrogen-bond donors (Lipinski definition) is 2. The van der Waals surface area contributed by atoms with Gasteiger partial charge in [0.2, 0.25) is 0 Å². The van der Waals surface area contributed by atoms with Crippen molar-refractivity contribution < 1.29 is 4.79 Å². The van der Waals surface area contributed by atoms with E-state index in [1.807, 2.05) is 48.2 Å². The predicted octanol–water partition coefficient (Wildman–Crippen LogP) is 3.09. The van der Waals surface area contributed by atoms with E-state index in [9.17, 15) is 4.79 Å². The monoisotopic (exact) mass is 321 g/mol. The van der Waals surface area contributed by atoms with Crippen LogP contribution in [0.5, 0.6) is 0 Å². The lowest BCUT2D eigenvalue weighted by Gasteiger charge is -2.22. The van der Waals surface area contributed by atoms with Crippen LogP contribution in [0.2, 0.25) is 0 Å². The molecule has 6 heteroatoms. The number of amides is 1. The molecule has 24 heavy (non-hydrogen) atoms. The molecule has 0 radical (unpaired) electrons. The lowest BCUT2D eigenvalue weighted by molar-refractivity contribution is 0.0729. The van der Waals surface area contributed by atoms with E-state index in [0.717, 1.165) is 42.0 Å². The van der Waals surface area contributed by atoms with Gasteiger partial charge in [-0.1, -0.05) is 30.3 Å². The van der Waals surface area contributed by atoms with E-state index >= 15 is 0 Å². The maximum absolute atomic E-state index is 12.8. The van der Waals surface area contributed by atoms with E-state index in [1.165, 1.54) is 0 Å². The van der Waals surface area contributed by atoms with Gasteiger partial charge in [-0.3, -0.25) is 9.89 Å². The van der Waals surface area contributed by atoms with Crippen LogP contribution in [0.15, 0.2) is 42.6 Å². The molecule has 0 saturated carbocycles. The molecule has 0 unspecified atom stereocenters. The number of aryl methyl sites for hydroxylation is 1. The van der Waals surface area contributed by atoms with Crippen molar-refractivity contribution in [1.29, 1.82) is 0 Å². The van der Waals surface area contributed by atoms with E-state index in [4.69, 9.17) is 0 Å². The third-order valence-corrected chi connectivity index (χ3v) is 4.55. The number of aromatic amines is 2. The van der Waals surface area contributed by atoms with Crippen LogP contribution in [0, 0.1) is 6.92 Å². The SMILES string of the molecule is Cc1[nH]ccc1C(=O)N1CCC[C@@H]1c1nc(-c2ccccc2)n[nH]1.